The van der Waals surface area contributed by atoms with Crippen LogP contribution in [-0.4, -0.2) is 92.5 Å². The van der Waals surface area contributed by atoms with E-state index in [1.165, 1.54) is 82.5 Å². The maximum absolute atomic E-state index is 12.6. The number of esters is 4. The smallest absolute Gasteiger partial charge is 0.308 e. The Balaban J connectivity index is 1.50. The van der Waals surface area contributed by atoms with E-state index in [4.69, 9.17) is 61.6 Å². The summed E-state index contributed by atoms with van der Waals surface area (Å²) >= 11 is 0. The van der Waals surface area contributed by atoms with E-state index in [9.17, 15) is 19.2 Å². The van der Waals surface area contributed by atoms with Crippen LogP contribution in [0.15, 0.2) is 36.4 Å². The van der Waals surface area contributed by atoms with Crippen molar-refractivity contribution in [3.8, 4) is 51.7 Å². The van der Waals surface area contributed by atoms with Gasteiger partial charge < -0.3 is 61.6 Å². The Morgan fingerprint density at radius 2 is 0.931 bits per heavy atom. The molecule has 0 amide bonds. The fraction of sp³-hybridized carbons (Fsp3) is 0.463. The molecule has 0 spiro atoms. The molecule has 3 aromatic carbocycles. The van der Waals surface area contributed by atoms with Crippen molar-refractivity contribution in [2.75, 3.05) is 62.5 Å². The van der Waals surface area contributed by atoms with Crippen molar-refractivity contribution in [2.45, 2.75) is 52.1 Å². The van der Waals surface area contributed by atoms with Crippen LogP contribution in [-0.2, 0) is 38.1 Å². The molecule has 2 aliphatic heterocycles. The number of hydrogen-bond acceptors (Lipinski definition) is 17. The van der Waals surface area contributed by atoms with E-state index in [1.807, 2.05) is 0 Å². The highest BCUT2D eigenvalue weighted by Gasteiger charge is 2.49. The number of carbonyl (C=O) groups is 4. The van der Waals surface area contributed by atoms with Crippen LogP contribution in [0, 0.1) is 11.8 Å². The summed E-state index contributed by atoms with van der Waals surface area (Å²) in [4.78, 5) is 48.4. The molecule has 6 atom stereocenters. The summed E-state index contributed by atoms with van der Waals surface area (Å²) in [5.74, 6) is -1.02. The molecule has 0 N–H and O–H groups in total. The van der Waals surface area contributed by atoms with Gasteiger partial charge in [-0.3, -0.25) is 19.2 Å². The first-order valence-corrected chi connectivity index (χ1v) is 18.1. The molecule has 2 heterocycles. The molecule has 0 saturated carbocycles. The summed E-state index contributed by atoms with van der Waals surface area (Å²) in [6.07, 6.45) is -3.28. The Morgan fingerprint density at radius 3 is 1.28 bits per heavy atom. The van der Waals surface area contributed by atoms with Crippen molar-refractivity contribution in [3.05, 3.63) is 53.1 Å². The second kappa shape index (κ2) is 19.0. The van der Waals surface area contributed by atoms with Gasteiger partial charge in [-0.1, -0.05) is 0 Å². The third-order valence-corrected chi connectivity index (χ3v) is 9.54. The van der Waals surface area contributed by atoms with Gasteiger partial charge in [0.15, 0.2) is 46.7 Å². The molecule has 0 radical (unpaired) electrons. The number of benzene rings is 3. The molecule has 2 aliphatic rings. The Hall–Kier alpha value is -5.94. The zero-order chi connectivity index (χ0) is 42.3. The van der Waals surface area contributed by atoms with Crippen LogP contribution >= 0.6 is 0 Å². The summed E-state index contributed by atoms with van der Waals surface area (Å²) in [7, 11) is 8.58. The molecule has 6 unspecified atom stereocenters. The lowest BCUT2D eigenvalue weighted by Gasteiger charge is -2.29. The van der Waals surface area contributed by atoms with E-state index >= 15 is 0 Å². The van der Waals surface area contributed by atoms with Crippen LogP contribution in [0.25, 0.3) is 0 Å². The Morgan fingerprint density at radius 1 is 0.552 bits per heavy atom. The van der Waals surface area contributed by atoms with Gasteiger partial charge in [0.05, 0.1) is 68.1 Å². The lowest BCUT2D eigenvalue weighted by molar-refractivity contribution is -0.157. The van der Waals surface area contributed by atoms with Gasteiger partial charge in [0.1, 0.15) is 6.61 Å². The highest BCUT2D eigenvalue weighted by Crippen LogP contribution is 2.54. The summed E-state index contributed by atoms with van der Waals surface area (Å²) < 4.78 is 75.0. The molecule has 17 heteroatoms. The molecule has 17 nitrogen and oxygen atoms in total. The normalized spacial score (nSPS) is 19.1. The highest BCUT2D eigenvalue weighted by atomic mass is 16.6. The van der Waals surface area contributed by atoms with Crippen LogP contribution < -0.4 is 42.6 Å². The van der Waals surface area contributed by atoms with Gasteiger partial charge in [-0.15, -0.1) is 0 Å². The van der Waals surface area contributed by atoms with Crippen LogP contribution in [0.2, 0.25) is 0 Å². The maximum Gasteiger partial charge on any atom is 0.308 e. The molecule has 2 saturated heterocycles. The van der Waals surface area contributed by atoms with Crippen molar-refractivity contribution >= 4 is 23.9 Å². The SMILES string of the molecule is COc1cc(C(OC(C)=O)C(COC(C)=O)Oc2c(OC)cc(C3OCC4C(c5cc(OC)c(OC(C)=O)c(OC)c5)OCC34)cc2OC)cc(OC)c1OC(C)=O. The minimum absolute atomic E-state index is 0.00573. The minimum atomic E-state index is -1.24. The molecule has 314 valence electrons. The second-order valence-corrected chi connectivity index (χ2v) is 13.3. The zero-order valence-electron chi connectivity index (χ0n) is 34.0. The van der Waals surface area contributed by atoms with Gasteiger partial charge >= 0.3 is 23.9 Å². The molecule has 3 aromatic rings. The lowest BCUT2D eigenvalue weighted by atomic mass is 9.84. The second-order valence-electron chi connectivity index (χ2n) is 13.3. The minimum Gasteiger partial charge on any atom is -0.493 e. The van der Waals surface area contributed by atoms with Gasteiger partial charge in [-0.25, -0.2) is 0 Å². The number of fused-ring (bicyclic) bond motifs is 1. The van der Waals surface area contributed by atoms with Crippen LogP contribution in [0.5, 0.6) is 51.7 Å². The highest BCUT2D eigenvalue weighted by molar-refractivity contribution is 5.73. The van der Waals surface area contributed by atoms with Gasteiger partial charge in [0.2, 0.25) is 17.2 Å². The molecule has 58 heavy (non-hydrogen) atoms. The first-order chi connectivity index (χ1) is 27.8. The zero-order valence-corrected chi connectivity index (χ0v) is 34.0. The van der Waals surface area contributed by atoms with Gasteiger partial charge in [0, 0.05) is 45.1 Å². The summed E-state index contributed by atoms with van der Waals surface area (Å²) in [6.45, 7) is 5.29. The largest absolute Gasteiger partial charge is 0.493 e. The first kappa shape index (κ1) is 43.2. The quantitative estimate of drug-likeness (QED) is 0.126. The molecular weight excluding hydrogens is 764 g/mol. The van der Waals surface area contributed by atoms with Crippen molar-refractivity contribution in [2.24, 2.45) is 11.8 Å². The Kier molecular flexibility index (Phi) is 14.1. The van der Waals surface area contributed by atoms with Crippen LogP contribution in [0.4, 0.5) is 0 Å². The number of hydrogen-bond donors (Lipinski definition) is 0. The molecule has 5 rings (SSSR count). The van der Waals surface area contributed by atoms with E-state index in [-0.39, 0.29) is 58.7 Å². The third kappa shape index (κ3) is 9.43. The standard InChI is InChI=1S/C41H48O17/c1-20(42)52-19-35(38(55-21(2)43)26-15-31(48-7)40(57-23(4)45)32(16-26)49-8)58-41-33(50-9)13-25(14-34(41)51-10)37-28-18-53-36(27(28)17-54-37)24-11-29(46-5)39(56-22(3)44)30(12-24)47-6/h11-16,27-28,35-38H,17-19H2,1-10H3. The predicted octanol–water partition coefficient (Wildman–Crippen LogP) is 5.28. The average Bonchev–Trinajstić information content (AvgIpc) is 3.81. The number of carbonyl (C=O) groups excluding carboxylic acids is 4. The van der Waals surface area contributed by atoms with Gasteiger partial charge in [-0.05, 0) is 47.5 Å². The topological polar surface area (TPSA) is 188 Å². The fourth-order valence-electron chi connectivity index (χ4n) is 7.10. The monoisotopic (exact) mass is 812 g/mol. The van der Waals surface area contributed by atoms with Crippen molar-refractivity contribution < 1.29 is 80.8 Å². The average molecular weight is 813 g/mol. The van der Waals surface area contributed by atoms with E-state index in [1.54, 1.807) is 24.3 Å². The first-order valence-electron chi connectivity index (χ1n) is 18.1. The van der Waals surface area contributed by atoms with Crippen molar-refractivity contribution in [3.63, 3.8) is 0 Å². The number of methoxy groups -OCH3 is 6. The molecule has 0 aliphatic carbocycles. The van der Waals surface area contributed by atoms with Crippen LogP contribution in [0.3, 0.4) is 0 Å². The molecule has 0 aromatic heterocycles. The summed E-state index contributed by atoms with van der Waals surface area (Å²) in [6, 6.07) is 10.00. The van der Waals surface area contributed by atoms with Crippen molar-refractivity contribution in [1.29, 1.82) is 0 Å². The van der Waals surface area contributed by atoms with E-state index in [2.05, 4.69) is 0 Å². The van der Waals surface area contributed by atoms with Gasteiger partial charge in [0.25, 0.3) is 0 Å². The molecular formula is C41H48O17. The summed E-state index contributed by atoms with van der Waals surface area (Å²) in [5.41, 5.74) is 1.77. The van der Waals surface area contributed by atoms with Crippen LogP contribution in [0.1, 0.15) is 62.7 Å². The fourth-order valence-corrected chi connectivity index (χ4v) is 7.10. The molecule has 0 bridgehead atoms. The predicted molar refractivity (Wildman–Crippen MR) is 201 cm³/mol. The van der Waals surface area contributed by atoms with E-state index < -0.39 is 48.3 Å². The Bertz CT molecular complexity index is 1920. The van der Waals surface area contributed by atoms with Gasteiger partial charge in [-0.2, -0.15) is 0 Å². The number of rotatable bonds is 17. The molecule has 2 fully saturated rings. The number of ether oxygens (including phenoxy) is 13. The van der Waals surface area contributed by atoms with E-state index in [0.717, 1.165) is 5.56 Å². The third-order valence-electron chi connectivity index (χ3n) is 9.54. The van der Waals surface area contributed by atoms with Crippen molar-refractivity contribution in [1.82, 2.24) is 0 Å². The summed E-state index contributed by atoms with van der Waals surface area (Å²) in [5, 5.41) is 0. The van der Waals surface area contributed by atoms with E-state index in [0.29, 0.717) is 35.8 Å². The Labute approximate surface area is 335 Å². The maximum atomic E-state index is 12.6. The lowest BCUT2D eigenvalue weighted by Crippen LogP contribution is -2.34.